The maximum atomic E-state index is 12.5. The van der Waals surface area contributed by atoms with Gasteiger partial charge in [-0.2, -0.15) is 10.2 Å². The van der Waals surface area contributed by atoms with Crippen molar-refractivity contribution in [1.82, 2.24) is 0 Å². The molecule has 0 bridgehead atoms. The van der Waals surface area contributed by atoms with Crippen molar-refractivity contribution >= 4 is 31.2 Å². The molecule has 6 nitrogen and oxygen atoms in total. The van der Waals surface area contributed by atoms with Gasteiger partial charge < -0.3 is 9.47 Å². The van der Waals surface area contributed by atoms with Gasteiger partial charge in [-0.15, -0.1) is 0 Å². The molecule has 0 saturated heterocycles. The maximum absolute atomic E-state index is 12.5. The lowest BCUT2D eigenvalue weighted by atomic mass is 9.90. The summed E-state index contributed by atoms with van der Waals surface area (Å²) in [6, 6.07) is 6.68. The molecule has 0 N–H and O–H groups in total. The summed E-state index contributed by atoms with van der Waals surface area (Å²) in [6.45, 7) is 10.3. The molecule has 24 heavy (non-hydrogen) atoms. The first-order valence-electron chi connectivity index (χ1n) is 7.61. The van der Waals surface area contributed by atoms with Gasteiger partial charge in [0.05, 0.1) is 11.8 Å². The summed E-state index contributed by atoms with van der Waals surface area (Å²) in [7, 11) is 1.73. The highest BCUT2D eigenvalue weighted by Gasteiger charge is 2.32. The van der Waals surface area contributed by atoms with Gasteiger partial charge in [-0.05, 0) is 59.7 Å². The Morgan fingerprint density at radius 2 is 1.50 bits per heavy atom. The first-order valence-corrected chi connectivity index (χ1v) is 7.61. The van der Waals surface area contributed by atoms with Crippen molar-refractivity contribution in [2.75, 3.05) is 4.90 Å². The zero-order valence-electron chi connectivity index (χ0n) is 15.3. The third-order valence-corrected chi connectivity index (χ3v) is 2.74. The average Bonchev–Trinajstić information content (AvgIpc) is 2.34. The molecule has 0 radical (unpaired) electrons. The minimum Gasteiger partial charge on any atom is -0.443 e. The van der Waals surface area contributed by atoms with Crippen LogP contribution in [0.4, 0.5) is 15.3 Å². The van der Waals surface area contributed by atoms with E-state index >= 15 is 0 Å². The lowest BCUT2D eigenvalue weighted by molar-refractivity contribution is 0.0431. The van der Waals surface area contributed by atoms with E-state index in [4.69, 9.17) is 14.7 Å². The van der Waals surface area contributed by atoms with Crippen molar-refractivity contribution < 1.29 is 19.1 Å². The fourth-order valence-corrected chi connectivity index (χ4v) is 1.81. The van der Waals surface area contributed by atoms with E-state index in [1.54, 1.807) is 61.5 Å². The number of benzene rings is 1. The predicted molar refractivity (Wildman–Crippen MR) is 94.3 cm³/mol. The Kier molecular flexibility index (Phi) is 5.67. The molecule has 2 amide bonds. The van der Waals surface area contributed by atoms with Gasteiger partial charge in [-0.1, -0.05) is 5.46 Å². The van der Waals surface area contributed by atoms with E-state index in [0.717, 1.165) is 4.90 Å². The molecule has 0 aliphatic rings. The van der Waals surface area contributed by atoms with Gasteiger partial charge in [0.15, 0.2) is 0 Å². The Hall–Kier alpha value is -2.49. The molecule has 0 heterocycles. The van der Waals surface area contributed by atoms with Crippen molar-refractivity contribution in [1.29, 1.82) is 5.26 Å². The van der Waals surface area contributed by atoms with Crippen LogP contribution < -0.4 is 10.4 Å². The molecule has 0 atom stereocenters. The van der Waals surface area contributed by atoms with Crippen LogP contribution in [0.25, 0.3) is 0 Å². The zero-order valence-corrected chi connectivity index (χ0v) is 15.3. The lowest BCUT2D eigenvalue weighted by Crippen LogP contribution is -2.44. The molecular formula is C17H23BN2O4. The second-order valence-corrected chi connectivity index (χ2v) is 7.41. The van der Waals surface area contributed by atoms with Crippen LogP contribution in [0.15, 0.2) is 18.2 Å². The first-order chi connectivity index (χ1) is 10.8. The van der Waals surface area contributed by atoms with Crippen LogP contribution >= 0.6 is 0 Å². The highest BCUT2D eigenvalue weighted by atomic mass is 16.6. The number of hydrogen-bond donors (Lipinski definition) is 0. The number of carbonyl (C=O) groups is 2. The largest absolute Gasteiger partial charge is 0.443 e. The van der Waals surface area contributed by atoms with Gasteiger partial charge in [-0.3, -0.25) is 0 Å². The van der Waals surface area contributed by atoms with Crippen LogP contribution in [0, 0.1) is 11.3 Å². The molecule has 0 saturated carbocycles. The predicted octanol–water partition coefficient (Wildman–Crippen LogP) is 2.49. The van der Waals surface area contributed by atoms with Crippen molar-refractivity contribution in [2.45, 2.75) is 52.7 Å². The van der Waals surface area contributed by atoms with Crippen molar-refractivity contribution in [3.8, 4) is 6.07 Å². The fraction of sp³-hybridized carbons (Fsp3) is 0.471. The Labute approximate surface area is 143 Å². The molecule has 1 rings (SSSR count). The third-order valence-electron chi connectivity index (χ3n) is 2.74. The fourth-order valence-electron chi connectivity index (χ4n) is 1.81. The smallest absolute Gasteiger partial charge is 0.424 e. The van der Waals surface area contributed by atoms with E-state index in [-0.39, 0.29) is 5.69 Å². The molecule has 0 aliphatic carbocycles. The number of hydrogen-bond acceptors (Lipinski definition) is 5. The van der Waals surface area contributed by atoms with Gasteiger partial charge in [0.2, 0.25) is 0 Å². The minimum absolute atomic E-state index is 0.287. The molecule has 128 valence electrons. The van der Waals surface area contributed by atoms with Gasteiger partial charge >= 0.3 is 12.2 Å². The summed E-state index contributed by atoms with van der Waals surface area (Å²) in [5.74, 6) is 0. The number of nitriles is 1. The monoisotopic (exact) mass is 330 g/mol. The Bertz CT molecular complexity index is 653. The maximum Gasteiger partial charge on any atom is 0.424 e. The second kappa shape index (κ2) is 6.96. The lowest BCUT2D eigenvalue weighted by Gasteiger charge is -2.28. The Balaban J connectivity index is 3.28. The summed E-state index contributed by atoms with van der Waals surface area (Å²) in [4.78, 5) is 25.8. The highest BCUT2D eigenvalue weighted by molar-refractivity contribution is 6.34. The van der Waals surface area contributed by atoms with E-state index < -0.39 is 23.4 Å². The zero-order chi connectivity index (χ0) is 18.7. The van der Waals surface area contributed by atoms with E-state index in [2.05, 4.69) is 0 Å². The molecule has 0 aromatic heterocycles. The number of rotatable bonds is 1. The molecule has 1 aromatic carbocycles. The number of amides is 2. The summed E-state index contributed by atoms with van der Waals surface area (Å²) in [5, 5.41) is 9.03. The summed E-state index contributed by atoms with van der Waals surface area (Å²) >= 11 is 0. The van der Waals surface area contributed by atoms with Crippen LogP contribution in [-0.2, 0) is 9.47 Å². The summed E-state index contributed by atoms with van der Waals surface area (Å²) in [5.41, 5.74) is -0.132. The highest BCUT2D eigenvalue weighted by Crippen LogP contribution is 2.21. The van der Waals surface area contributed by atoms with Gasteiger partial charge in [0.1, 0.15) is 19.0 Å². The van der Waals surface area contributed by atoms with Crippen molar-refractivity contribution in [2.24, 2.45) is 0 Å². The van der Waals surface area contributed by atoms with Gasteiger partial charge in [-0.25, -0.2) is 9.59 Å². The first kappa shape index (κ1) is 19.6. The standard InChI is InChI=1S/C17H23BN2O4/c1-16(2,3)23-14(21)20(15(22)24-17(4,5)6)12-8-7-11(10-19)13(18)9-12/h7-9H,18H2,1-6H3. The van der Waals surface area contributed by atoms with E-state index in [1.165, 1.54) is 6.07 Å². The summed E-state index contributed by atoms with van der Waals surface area (Å²) in [6.07, 6.45) is -1.67. The van der Waals surface area contributed by atoms with Crippen LogP contribution in [0.2, 0.25) is 0 Å². The number of anilines is 1. The topological polar surface area (TPSA) is 79.6 Å². The van der Waals surface area contributed by atoms with E-state index in [0.29, 0.717) is 11.0 Å². The number of imide groups is 1. The Morgan fingerprint density at radius 1 is 1.04 bits per heavy atom. The molecule has 0 unspecified atom stereocenters. The van der Waals surface area contributed by atoms with Crippen molar-refractivity contribution in [3.63, 3.8) is 0 Å². The molecule has 1 aromatic rings. The number of ether oxygens (including phenoxy) is 2. The normalized spacial score (nSPS) is 11.4. The number of nitrogens with zero attached hydrogens (tertiary/aromatic N) is 2. The van der Waals surface area contributed by atoms with Crippen molar-refractivity contribution in [3.05, 3.63) is 23.8 Å². The molecule has 7 heteroatoms. The molecular weight excluding hydrogens is 307 g/mol. The second-order valence-electron chi connectivity index (χ2n) is 7.41. The third kappa shape index (κ3) is 5.62. The Morgan fingerprint density at radius 3 is 1.83 bits per heavy atom. The minimum atomic E-state index is -0.833. The van der Waals surface area contributed by atoms with Crippen LogP contribution in [0.1, 0.15) is 47.1 Å². The number of carbonyl (C=O) groups excluding carboxylic acids is 2. The molecule has 0 spiro atoms. The van der Waals surface area contributed by atoms with E-state index in [9.17, 15) is 9.59 Å². The van der Waals surface area contributed by atoms with Gasteiger partial charge in [0.25, 0.3) is 0 Å². The van der Waals surface area contributed by atoms with Gasteiger partial charge in [0, 0.05) is 5.56 Å². The molecule has 0 fully saturated rings. The van der Waals surface area contributed by atoms with E-state index in [1.807, 2.05) is 6.07 Å². The van der Waals surface area contributed by atoms with Crippen LogP contribution in [-0.4, -0.2) is 31.2 Å². The SMILES string of the molecule is Bc1cc(N(C(=O)OC(C)(C)C)C(=O)OC(C)(C)C)ccc1C#N. The average molecular weight is 330 g/mol. The van der Waals surface area contributed by atoms with Crippen LogP contribution in [0.5, 0.6) is 0 Å². The quantitative estimate of drug-likeness (QED) is 0.739. The van der Waals surface area contributed by atoms with Crippen LogP contribution in [0.3, 0.4) is 0 Å². The summed E-state index contributed by atoms with van der Waals surface area (Å²) < 4.78 is 10.6. The molecule has 0 aliphatic heterocycles.